The molecule has 100 valence electrons. The van der Waals surface area contributed by atoms with Gasteiger partial charge in [-0.25, -0.2) is 0 Å². The third kappa shape index (κ3) is 3.02. The molecular formula is C15H19N3O. The van der Waals surface area contributed by atoms with Gasteiger partial charge in [-0.3, -0.25) is 9.48 Å². The summed E-state index contributed by atoms with van der Waals surface area (Å²) < 4.78 is 1.70. The molecule has 0 atom stereocenters. The molecule has 0 saturated carbocycles. The van der Waals surface area contributed by atoms with Crippen molar-refractivity contribution in [2.75, 3.05) is 0 Å². The van der Waals surface area contributed by atoms with Gasteiger partial charge in [-0.05, 0) is 24.5 Å². The second-order valence-electron chi connectivity index (χ2n) is 4.62. The van der Waals surface area contributed by atoms with Crippen molar-refractivity contribution in [3.63, 3.8) is 0 Å². The monoisotopic (exact) mass is 257 g/mol. The molecule has 1 heterocycles. The van der Waals surface area contributed by atoms with Gasteiger partial charge in [0.15, 0.2) is 0 Å². The average molecular weight is 257 g/mol. The molecule has 4 nitrogen and oxygen atoms in total. The highest BCUT2D eigenvalue weighted by Gasteiger charge is 2.12. The molecule has 0 aliphatic carbocycles. The van der Waals surface area contributed by atoms with E-state index in [1.54, 1.807) is 10.9 Å². The van der Waals surface area contributed by atoms with E-state index in [4.69, 9.17) is 0 Å². The highest BCUT2D eigenvalue weighted by molar-refractivity contribution is 5.94. The molecule has 0 radical (unpaired) electrons. The number of carbonyl (C=O) groups excluding carboxylic acids is 1. The second kappa shape index (κ2) is 5.69. The van der Waals surface area contributed by atoms with Crippen molar-refractivity contribution in [2.24, 2.45) is 7.05 Å². The molecule has 0 bridgehead atoms. The third-order valence-corrected chi connectivity index (χ3v) is 3.33. The molecule has 0 aliphatic heterocycles. The largest absolute Gasteiger partial charge is 0.348 e. The molecule has 1 aromatic heterocycles. The quantitative estimate of drug-likeness (QED) is 0.913. The fourth-order valence-corrected chi connectivity index (χ4v) is 1.96. The highest BCUT2D eigenvalue weighted by Crippen LogP contribution is 2.08. The van der Waals surface area contributed by atoms with Crippen LogP contribution in [0.4, 0.5) is 0 Å². The lowest BCUT2D eigenvalue weighted by atomic mass is 10.1. The highest BCUT2D eigenvalue weighted by atomic mass is 16.1. The minimum absolute atomic E-state index is 0.0764. The maximum Gasteiger partial charge on any atom is 0.255 e. The number of nitrogens with one attached hydrogen (secondary N) is 1. The van der Waals surface area contributed by atoms with Crippen LogP contribution < -0.4 is 5.32 Å². The summed E-state index contributed by atoms with van der Waals surface area (Å²) in [5, 5.41) is 7.00. The molecule has 0 unspecified atom stereocenters. The summed E-state index contributed by atoms with van der Waals surface area (Å²) in [6, 6.07) is 8.26. The van der Waals surface area contributed by atoms with Crippen molar-refractivity contribution >= 4 is 5.91 Å². The molecule has 1 N–H and O–H groups in total. The van der Waals surface area contributed by atoms with Crippen LogP contribution in [0.25, 0.3) is 0 Å². The summed E-state index contributed by atoms with van der Waals surface area (Å²) in [6.45, 7) is 4.55. The summed E-state index contributed by atoms with van der Waals surface area (Å²) >= 11 is 0. The van der Waals surface area contributed by atoms with Crippen LogP contribution in [0.5, 0.6) is 0 Å². The van der Waals surface area contributed by atoms with E-state index in [1.807, 2.05) is 26.1 Å². The Morgan fingerprint density at radius 1 is 1.37 bits per heavy atom. The molecule has 19 heavy (non-hydrogen) atoms. The number of rotatable bonds is 4. The fourth-order valence-electron chi connectivity index (χ4n) is 1.96. The minimum atomic E-state index is -0.0764. The van der Waals surface area contributed by atoms with Gasteiger partial charge in [0, 0.05) is 19.3 Å². The maximum absolute atomic E-state index is 12.0. The number of amides is 1. The molecule has 2 rings (SSSR count). The number of aromatic nitrogens is 2. The zero-order valence-electron chi connectivity index (χ0n) is 11.6. The zero-order valence-corrected chi connectivity index (χ0v) is 11.6. The lowest BCUT2D eigenvalue weighted by Gasteiger charge is -2.06. The predicted octanol–water partition coefficient (Wildman–Crippen LogP) is 2.22. The van der Waals surface area contributed by atoms with Crippen molar-refractivity contribution < 1.29 is 4.79 Å². The van der Waals surface area contributed by atoms with E-state index in [-0.39, 0.29) is 5.91 Å². The number of nitrogens with zero attached hydrogens (tertiary/aromatic N) is 2. The van der Waals surface area contributed by atoms with E-state index in [1.165, 1.54) is 5.56 Å². The molecule has 0 spiro atoms. The van der Waals surface area contributed by atoms with Crippen LogP contribution in [0.2, 0.25) is 0 Å². The van der Waals surface area contributed by atoms with Crippen LogP contribution in [-0.4, -0.2) is 15.7 Å². The van der Waals surface area contributed by atoms with Crippen LogP contribution in [0.3, 0.4) is 0 Å². The molecule has 2 aromatic rings. The number of hydrogen-bond acceptors (Lipinski definition) is 2. The Morgan fingerprint density at radius 3 is 2.74 bits per heavy atom. The van der Waals surface area contributed by atoms with Gasteiger partial charge in [0.25, 0.3) is 5.91 Å². The summed E-state index contributed by atoms with van der Waals surface area (Å²) in [7, 11) is 1.83. The molecule has 0 saturated heterocycles. The summed E-state index contributed by atoms with van der Waals surface area (Å²) in [5.74, 6) is -0.0764. The molecule has 0 fully saturated rings. The number of hydrogen-bond donors (Lipinski definition) is 1. The number of aryl methyl sites for hydroxylation is 2. The van der Waals surface area contributed by atoms with Crippen molar-refractivity contribution in [2.45, 2.75) is 26.8 Å². The first kappa shape index (κ1) is 13.3. The first-order valence-electron chi connectivity index (χ1n) is 6.46. The predicted molar refractivity (Wildman–Crippen MR) is 74.9 cm³/mol. The van der Waals surface area contributed by atoms with Crippen LogP contribution in [0.15, 0.2) is 30.5 Å². The van der Waals surface area contributed by atoms with Gasteiger partial charge in [0.2, 0.25) is 0 Å². The summed E-state index contributed by atoms with van der Waals surface area (Å²) in [5.41, 5.74) is 3.91. The Labute approximate surface area is 113 Å². The first-order chi connectivity index (χ1) is 9.11. The standard InChI is InChI=1S/C15H19N3O/c1-4-12-6-5-7-13(8-12)9-16-15(19)14-10-17-18(3)11(14)2/h5-8,10H,4,9H2,1-3H3,(H,16,19). The summed E-state index contributed by atoms with van der Waals surface area (Å²) in [4.78, 5) is 12.0. The van der Waals surface area contributed by atoms with Crippen LogP contribution in [-0.2, 0) is 20.0 Å². The Hall–Kier alpha value is -2.10. The van der Waals surface area contributed by atoms with E-state index in [0.717, 1.165) is 17.7 Å². The van der Waals surface area contributed by atoms with Crippen molar-refractivity contribution in [1.82, 2.24) is 15.1 Å². The molecule has 1 aromatic carbocycles. The normalized spacial score (nSPS) is 10.5. The van der Waals surface area contributed by atoms with E-state index in [9.17, 15) is 4.79 Å². The van der Waals surface area contributed by atoms with E-state index >= 15 is 0 Å². The van der Waals surface area contributed by atoms with Gasteiger partial charge in [0.1, 0.15) is 0 Å². The number of carbonyl (C=O) groups is 1. The maximum atomic E-state index is 12.0. The van der Waals surface area contributed by atoms with Crippen molar-refractivity contribution in [1.29, 1.82) is 0 Å². The smallest absolute Gasteiger partial charge is 0.255 e. The van der Waals surface area contributed by atoms with Gasteiger partial charge >= 0.3 is 0 Å². The lowest BCUT2D eigenvalue weighted by Crippen LogP contribution is -2.23. The average Bonchev–Trinajstić information content (AvgIpc) is 2.77. The minimum Gasteiger partial charge on any atom is -0.348 e. The van der Waals surface area contributed by atoms with E-state index < -0.39 is 0 Å². The molecule has 0 aliphatic rings. The van der Waals surface area contributed by atoms with Gasteiger partial charge in [0.05, 0.1) is 11.8 Å². The Bertz CT molecular complexity index is 587. The van der Waals surface area contributed by atoms with Gasteiger partial charge < -0.3 is 5.32 Å². The topological polar surface area (TPSA) is 46.9 Å². The second-order valence-corrected chi connectivity index (χ2v) is 4.62. The van der Waals surface area contributed by atoms with Gasteiger partial charge in [-0.1, -0.05) is 31.2 Å². The van der Waals surface area contributed by atoms with Crippen molar-refractivity contribution in [3.05, 3.63) is 52.8 Å². The third-order valence-electron chi connectivity index (χ3n) is 3.33. The van der Waals surface area contributed by atoms with Gasteiger partial charge in [-0.2, -0.15) is 5.10 Å². The molecular weight excluding hydrogens is 238 g/mol. The van der Waals surface area contributed by atoms with Crippen LogP contribution >= 0.6 is 0 Å². The molecule has 1 amide bonds. The lowest BCUT2D eigenvalue weighted by molar-refractivity contribution is 0.0950. The molecule has 4 heteroatoms. The Morgan fingerprint density at radius 2 is 2.11 bits per heavy atom. The van der Waals surface area contributed by atoms with Crippen molar-refractivity contribution in [3.8, 4) is 0 Å². The van der Waals surface area contributed by atoms with E-state index in [2.05, 4.69) is 29.5 Å². The Kier molecular flexibility index (Phi) is 4.00. The van der Waals surface area contributed by atoms with Crippen LogP contribution in [0, 0.1) is 6.92 Å². The zero-order chi connectivity index (χ0) is 13.8. The number of benzene rings is 1. The fraction of sp³-hybridized carbons (Fsp3) is 0.333. The van der Waals surface area contributed by atoms with E-state index in [0.29, 0.717) is 12.1 Å². The SMILES string of the molecule is CCc1cccc(CNC(=O)c2cnn(C)c2C)c1. The summed E-state index contributed by atoms with van der Waals surface area (Å²) in [6.07, 6.45) is 2.61. The van der Waals surface area contributed by atoms with Crippen LogP contribution in [0.1, 0.15) is 34.1 Å². The Balaban J connectivity index is 2.02. The van der Waals surface area contributed by atoms with Gasteiger partial charge in [-0.15, -0.1) is 0 Å². The first-order valence-corrected chi connectivity index (χ1v) is 6.46.